The molecule has 0 radical (unpaired) electrons. The predicted molar refractivity (Wildman–Crippen MR) is 52.7 cm³/mol. The fourth-order valence-corrected chi connectivity index (χ4v) is 1.91. The first-order valence-corrected chi connectivity index (χ1v) is 5.14. The Hall–Kier alpha value is -1.00. The Morgan fingerprint density at radius 3 is 2.87 bits per heavy atom. The van der Waals surface area contributed by atoms with Crippen LogP contribution in [0, 0.1) is 11.7 Å². The zero-order valence-corrected chi connectivity index (χ0v) is 8.40. The second kappa shape index (κ2) is 4.68. The van der Waals surface area contributed by atoms with Gasteiger partial charge in [-0.15, -0.1) is 0 Å². The van der Waals surface area contributed by atoms with Crippen LogP contribution in [0.25, 0.3) is 0 Å². The van der Waals surface area contributed by atoms with Gasteiger partial charge in [0.1, 0.15) is 5.82 Å². The molecule has 1 aliphatic rings. The smallest absolute Gasteiger partial charge is 0.147 e. The Balaban J connectivity index is 2.12. The van der Waals surface area contributed by atoms with E-state index in [0.717, 1.165) is 19.0 Å². The summed E-state index contributed by atoms with van der Waals surface area (Å²) in [5, 5.41) is 10.0. The molecule has 82 valence electrons. The molecule has 0 saturated carbocycles. The van der Waals surface area contributed by atoms with Gasteiger partial charge >= 0.3 is 0 Å². The van der Waals surface area contributed by atoms with E-state index in [4.69, 9.17) is 4.74 Å². The van der Waals surface area contributed by atoms with Crippen molar-refractivity contribution >= 4 is 0 Å². The maximum absolute atomic E-state index is 13.3. The molecule has 4 heteroatoms. The summed E-state index contributed by atoms with van der Waals surface area (Å²) in [6.45, 7) is 1.29. The van der Waals surface area contributed by atoms with Gasteiger partial charge in [-0.25, -0.2) is 4.39 Å². The van der Waals surface area contributed by atoms with E-state index in [1.807, 2.05) is 0 Å². The maximum atomic E-state index is 13.3. The van der Waals surface area contributed by atoms with Crippen LogP contribution in [0.15, 0.2) is 18.5 Å². The first-order chi connectivity index (χ1) is 7.29. The average Bonchev–Trinajstić information content (AvgIpc) is 2.30. The number of ether oxygens (including phenoxy) is 1. The van der Waals surface area contributed by atoms with Gasteiger partial charge in [0.2, 0.25) is 0 Å². The topological polar surface area (TPSA) is 42.4 Å². The lowest BCUT2D eigenvalue weighted by molar-refractivity contribution is 0.00585. The summed E-state index contributed by atoms with van der Waals surface area (Å²) in [6.07, 6.45) is 3.46. The van der Waals surface area contributed by atoms with Gasteiger partial charge in [0, 0.05) is 25.0 Å². The van der Waals surface area contributed by atoms with Gasteiger partial charge in [0.15, 0.2) is 0 Å². The normalized spacial score (nSPS) is 20.1. The summed E-state index contributed by atoms with van der Waals surface area (Å²) in [5.41, 5.74) is 0.344. The molecule has 1 fully saturated rings. The molecule has 0 aromatic carbocycles. The lowest BCUT2D eigenvalue weighted by Crippen LogP contribution is -2.22. The van der Waals surface area contributed by atoms with E-state index in [2.05, 4.69) is 4.98 Å². The van der Waals surface area contributed by atoms with Crippen molar-refractivity contribution < 1.29 is 14.2 Å². The third-order valence-corrected chi connectivity index (χ3v) is 2.83. The first-order valence-electron chi connectivity index (χ1n) is 5.14. The van der Waals surface area contributed by atoms with Crippen LogP contribution < -0.4 is 0 Å². The van der Waals surface area contributed by atoms with Crippen molar-refractivity contribution in [2.75, 3.05) is 13.2 Å². The largest absolute Gasteiger partial charge is 0.388 e. The van der Waals surface area contributed by atoms with E-state index in [1.54, 1.807) is 0 Å². The Morgan fingerprint density at radius 1 is 1.47 bits per heavy atom. The number of nitrogens with zero attached hydrogens (tertiary/aromatic N) is 1. The Morgan fingerprint density at radius 2 is 2.20 bits per heavy atom. The predicted octanol–water partition coefficient (Wildman–Crippen LogP) is 1.68. The number of aliphatic hydroxyl groups excluding tert-OH is 1. The molecule has 2 rings (SSSR count). The molecule has 15 heavy (non-hydrogen) atoms. The van der Waals surface area contributed by atoms with Crippen molar-refractivity contribution in [3.63, 3.8) is 0 Å². The molecule has 0 spiro atoms. The zero-order valence-electron chi connectivity index (χ0n) is 8.40. The highest BCUT2D eigenvalue weighted by Crippen LogP contribution is 2.30. The third kappa shape index (κ3) is 2.33. The minimum absolute atomic E-state index is 0.0932. The first kappa shape index (κ1) is 10.5. The van der Waals surface area contributed by atoms with Gasteiger partial charge in [0.25, 0.3) is 0 Å². The van der Waals surface area contributed by atoms with Gasteiger partial charge < -0.3 is 9.84 Å². The molecule has 1 aromatic rings. The Labute approximate surface area is 87.9 Å². The molecule has 1 N–H and O–H groups in total. The van der Waals surface area contributed by atoms with E-state index in [9.17, 15) is 9.50 Å². The number of pyridine rings is 1. The van der Waals surface area contributed by atoms with Gasteiger partial charge in [0.05, 0.1) is 12.3 Å². The summed E-state index contributed by atoms with van der Waals surface area (Å²) in [7, 11) is 0. The van der Waals surface area contributed by atoms with Crippen molar-refractivity contribution in [1.29, 1.82) is 0 Å². The average molecular weight is 211 g/mol. The van der Waals surface area contributed by atoms with Gasteiger partial charge in [-0.05, 0) is 24.8 Å². The number of rotatable bonds is 2. The summed E-state index contributed by atoms with van der Waals surface area (Å²) in [6, 6.07) is 1.54. The summed E-state index contributed by atoms with van der Waals surface area (Å²) in [5.74, 6) is -0.341. The minimum Gasteiger partial charge on any atom is -0.388 e. The summed E-state index contributed by atoms with van der Waals surface area (Å²) >= 11 is 0. The number of aromatic nitrogens is 1. The van der Waals surface area contributed by atoms with Crippen LogP contribution in [-0.4, -0.2) is 23.3 Å². The van der Waals surface area contributed by atoms with Crippen LogP contribution in [0.4, 0.5) is 4.39 Å². The molecule has 1 aliphatic heterocycles. The van der Waals surface area contributed by atoms with Crippen molar-refractivity contribution in [3.05, 3.63) is 29.8 Å². The second-order valence-corrected chi connectivity index (χ2v) is 3.79. The summed E-state index contributed by atoms with van der Waals surface area (Å²) in [4.78, 5) is 3.66. The monoisotopic (exact) mass is 211 g/mol. The molecule has 1 unspecified atom stereocenters. The van der Waals surface area contributed by atoms with E-state index >= 15 is 0 Å². The van der Waals surface area contributed by atoms with Crippen LogP contribution in [-0.2, 0) is 4.74 Å². The fourth-order valence-electron chi connectivity index (χ4n) is 1.91. The van der Waals surface area contributed by atoms with Gasteiger partial charge in [-0.2, -0.15) is 0 Å². The second-order valence-electron chi connectivity index (χ2n) is 3.79. The van der Waals surface area contributed by atoms with Crippen LogP contribution in [0.1, 0.15) is 24.5 Å². The molecule has 0 aliphatic carbocycles. The lowest BCUT2D eigenvalue weighted by atomic mass is 9.90. The van der Waals surface area contributed by atoms with Crippen LogP contribution in [0.2, 0.25) is 0 Å². The number of hydrogen-bond acceptors (Lipinski definition) is 3. The molecule has 1 atom stereocenters. The molecule has 3 nitrogen and oxygen atoms in total. The molecular formula is C11H14FNO2. The number of hydrogen-bond donors (Lipinski definition) is 1. The molecule has 1 aromatic heterocycles. The van der Waals surface area contributed by atoms with E-state index < -0.39 is 11.9 Å². The van der Waals surface area contributed by atoms with Crippen LogP contribution >= 0.6 is 0 Å². The molecular weight excluding hydrogens is 197 g/mol. The SMILES string of the molecule is OC(c1ccncc1F)C1CCOCC1. The highest BCUT2D eigenvalue weighted by molar-refractivity contribution is 5.16. The molecule has 2 heterocycles. The fraction of sp³-hybridized carbons (Fsp3) is 0.545. The van der Waals surface area contributed by atoms with E-state index in [1.165, 1.54) is 12.3 Å². The van der Waals surface area contributed by atoms with Gasteiger partial charge in [-0.1, -0.05) is 0 Å². The Bertz CT molecular complexity index is 326. The quantitative estimate of drug-likeness (QED) is 0.809. The van der Waals surface area contributed by atoms with E-state index in [-0.39, 0.29) is 5.92 Å². The van der Waals surface area contributed by atoms with E-state index in [0.29, 0.717) is 18.8 Å². The molecule has 1 saturated heterocycles. The minimum atomic E-state index is -0.739. The summed E-state index contributed by atoms with van der Waals surface area (Å²) < 4.78 is 18.5. The molecule has 0 bridgehead atoms. The standard InChI is InChI=1S/C11H14FNO2/c12-10-7-13-4-1-9(10)11(14)8-2-5-15-6-3-8/h1,4,7-8,11,14H,2-3,5-6H2. The number of aliphatic hydroxyl groups is 1. The van der Waals surface area contributed by atoms with Crippen LogP contribution in [0.3, 0.4) is 0 Å². The third-order valence-electron chi connectivity index (χ3n) is 2.83. The zero-order chi connectivity index (χ0) is 10.7. The van der Waals surface area contributed by atoms with Crippen molar-refractivity contribution in [1.82, 2.24) is 4.98 Å². The van der Waals surface area contributed by atoms with Crippen molar-refractivity contribution in [2.45, 2.75) is 18.9 Å². The lowest BCUT2D eigenvalue weighted by Gasteiger charge is -2.26. The maximum Gasteiger partial charge on any atom is 0.147 e. The number of halogens is 1. The highest BCUT2D eigenvalue weighted by Gasteiger charge is 2.25. The Kier molecular flexibility index (Phi) is 3.28. The van der Waals surface area contributed by atoms with Crippen molar-refractivity contribution in [2.24, 2.45) is 5.92 Å². The van der Waals surface area contributed by atoms with Crippen LogP contribution in [0.5, 0.6) is 0 Å². The highest BCUT2D eigenvalue weighted by atomic mass is 19.1. The van der Waals surface area contributed by atoms with Gasteiger partial charge in [-0.3, -0.25) is 4.98 Å². The van der Waals surface area contributed by atoms with Crippen molar-refractivity contribution in [3.8, 4) is 0 Å². The molecule has 0 amide bonds.